The maximum Gasteiger partial charge on any atom is 0.253 e. The lowest BCUT2D eigenvalue weighted by molar-refractivity contribution is -0.138. The van der Waals surface area contributed by atoms with Crippen LogP contribution in [-0.2, 0) is 14.8 Å². The number of carbonyl (C=O) groups excluding carboxylic acids is 1. The Labute approximate surface area is 166 Å². The van der Waals surface area contributed by atoms with Crippen LogP contribution in [-0.4, -0.2) is 55.2 Å². The van der Waals surface area contributed by atoms with Gasteiger partial charge < -0.3 is 10.6 Å². The van der Waals surface area contributed by atoms with E-state index >= 15 is 0 Å². The molecule has 2 aliphatic heterocycles. The fourth-order valence-electron chi connectivity index (χ4n) is 3.71. The van der Waals surface area contributed by atoms with Crippen LogP contribution in [0.15, 0.2) is 16.3 Å². The number of nitrogens with zero attached hydrogens (tertiary/aromatic N) is 2. The average molecular weight is 422 g/mol. The van der Waals surface area contributed by atoms with Gasteiger partial charge in [0.25, 0.3) is 10.0 Å². The molecule has 2 N–H and O–H groups in total. The van der Waals surface area contributed by atoms with Crippen molar-refractivity contribution in [1.82, 2.24) is 9.21 Å². The van der Waals surface area contributed by atoms with Gasteiger partial charge in [0, 0.05) is 30.6 Å². The number of piperidine rings is 1. The highest BCUT2D eigenvalue weighted by atomic mass is 35.5. The van der Waals surface area contributed by atoms with E-state index in [2.05, 4.69) is 13.8 Å². The minimum absolute atomic E-state index is 0. The number of hydrogen-bond acceptors (Lipinski definition) is 5. The first-order valence-corrected chi connectivity index (χ1v) is 11.0. The van der Waals surface area contributed by atoms with Crippen molar-refractivity contribution in [1.29, 1.82) is 0 Å². The molecule has 0 radical (unpaired) electrons. The molecule has 1 aromatic rings. The molecule has 2 saturated heterocycles. The summed E-state index contributed by atoms with van der Waals surface area (Å²) >= 11 is 1.26. The second-order valence-electron chi connectivity index (χ2n) is 7.78. The molecule has 2 atom stereocenters. The van der Waals surface area contributed by atoms with Crippen molar-refractivity contribution in [2.75, 3.05) is 19.6 Å². The Hall–Kier alpha value is -0.670. The van der Waals surface area contributed by atoms with Crippen molar-refractivity contribution in [3.8, 4) is 0 Å². The van der Waals surface area contributed by atoms with E-state index in [1.165, 1.54) is 15.6 Å². The van der Waals surface area contributed by atoms with Crippen molar-refractivity contribution in [3.63, 3.8) is 0 Å². The van der Waals surface area contributed by atoms with Gasteiger partial charge in [-0.05, 0) is 43.7 Å². The van der Waals surface area contributed by atoms with Gasteiger partial charge in [0.05, 0.1) is 0 Å². The number of halogens is 1. The average Bonchev–Trinajstić information content (AvgIpc) is 3.18. The summed E-state index contributed by atoms with van der Waals surface area (Å²) in [6.45, 7) is 7.60. The summed E-state index contributed by atoms with van der Waals surface area (Å²) in [5, 5.41) is 0. The maximum atomic E-state index is 13.1. The third kappa shape index (κ3) is 3.94. The summed E-state index contributed by atoms with van der Waals surface area (Å²) in [6, 6.07) is 2.92. The first kappa shape index (κ1) is 21.6. The molecular formula is C17H28ClN3O3S2. The smallest absolute Gasteiger partial charge is 0.253 e. The number of hydrogen-bond donors (Lipinski definition) is 1. The Morgan fingerprint density at radius 2 is 1.96 bits per heavy atom. The van der Waals surface area contributed by atoms with Crippen LogP contribution in [0.2, 0.25) is 0 Å². The third-order valence-electron chi connectivity index (χ3n) is 5.39. The van der Waals surface area contributed by atoms with Crippen LogP contribution in [0.4, 0.5) is 0 Å². The SMILES string of the molecule is Cc1ccc(S(=O)(=O)N2CCCC2C(=O)N2CCC(N)C(C)(C)C2)s1.Cl. The molecule has 3 heterocycles. The van der Waals surface area contributed by atoms with Crippen LogP contribution in [0.5, 0.6) is 0 Å². The molecule has 0 saturated carbocycles. The molecule has 1 aromatic heterocycles. The van der Waals surface area contributed by atoms with E-state index in [9.17, 15) is 13.2 Å². The Morgan fingerprint density at radius 1 is 1.27 bits per heavy atom. The highest BCUT2D eigenvalue weighted by molar-refractivity contribution is 7.91. The molecule has 2 aliphatic rings. The molecule has 6 nitrogen and oxygen atoms in total. The predicted molar refractivity (Wildman–Crippen MR) is 106 cm³/mol. The highest BCUT2D eigenvalue weighted by Crippen LogP contribution is 2.33. The van der Waals surface area contributed by atoms with E-state index in [1.807, 2.05) is 11.8 Å². The van der Waals surface area contributed by atoms with Crippen molar-refractivity contribution in [2.24, 2.45) is 11.1 Å². The van der Waals surface area contributed by atoms with Crippen LogP contribution < -0.4 is 5.73 Å². The molecule has 26 heavy (non-hydrogen) atoms. The number of aryl methyl sites for hydroxylation is 1. The first-order chi connectivity index (χ1) is 11.6. The number of nitrogens with two attached hydrogens (primary N) is 1. The predicted octanol–water partition coefficient (Wildman–Crippen LogP) is 2.22. The monoisotopic (exact) mass is 421 g/mol. The van der Waals surface area contributed by atoms with Crippen LogP contribution in [0.1, 0.15) is 38.0 Å². The van der Waals surface area contributed by atoms with Crippen LogP contribution >= 0.6 is 23.7 Å². The molecular weight excluding hydrogens is 394 g/mol. The van der Waals surface area contributed by atoms with Gasteiger partial charge in [0.1, 0.15) is 10.3 Å². The third-order valence-corrected chi connectivity index (χ3v) is 8.77. The summed E-state index contributed by atoms with van der Waals surface area (Å²) in [6.07, 6.45) is 2.06. The molecule has 1 amide bonds. The summed E-state index contributed by atoms with van der Waals surface area (Å²) in [5.74, 6) is -0.0747. The van der Waals surface area contributed by atoms with Gasteiger partial charge in [-0.3, -0.25) is 4.79 Å². The Balaban J connectivity index is 0.00000243. The number of amides is 1. The van der Waals surface area contributed by atoms with E-state index in [4.69, 9.17) is 5.73 Å². The van der Waals surface area contributed by atoms with Crippen molar-refractivity contribution in [2.45, 2.75) is 56.3 Å². The maximum absolute atomic E-state index is 13.1. The van der Waals surface area contributed by atoms with Gasteiger partial charge >= 0.3 is 0 Å². The zero-order valence-electron chi connectivity index (χ0n) is 15.5. The topological polar surface area (TPSA) is 83.7 Å². The molecule has 2 fully saturated rings. The number of sulfonamides is 1. The van der Waals surface area contributed by atoms with Crippen LogP contribution in [0, 0.1) is 12.3 Å². The fraction of sp³-hybridized carbons (Fsp3) is 0.706. The number of rotatable bonds is 3. The molecule has 0 aromatic carbocycles. The largest absolute Gasteiger partial charge is 0.341 e. The molecule has 0 bridgehead atoms. The summed E-state index contributed by atoms with van der Waals surface area (Å²) in [4.78, 5) is 15.8. The summed E-state index contributed by atoms with van der Waals surface area (Å²) in [7, 11) is -3.61. The van der Waals surface area contributed by atoms with E-state index in [-0.39, 0.29) is 29.8 Å². The lowest BCUT2D eigenvalue weighted by Crippen LogP contribution is -2.57. The Morgan fingerprint density at radius 3 is 2.54 bits per heavy atom. The molecule has 0 spiro atoms. The normalized spacial score (nSPS) is 26.5. The van der Waals surface area contributed by atoms with E-state index in [0.717, 1.165) is 17.7 Å². The fourth-order valence-corrected chi connectivity index (χ4v) is 6.78. The van der Waals surface area contributed by atoms with E-state index in [1.54, 1.807) is 12.1 Å². The van der Waals surface area contributed by atoms with Gasteiger partial charge in [0.15, 0.2) is 0 Å². The van der Waals surface area contributed by atoms with E-state index < -0.39 is 16.1 Å². The molecule has 148 valence electrons. The Bertz CT molecular complexity index is 763. The molecule has 9 heteroatoms. The van der Waals surface area contributed by atoms with Crippen molar-refractivity contribution in [3.05, 3.63) is 17.0 Å². The Kier molecular flexibility index (Phi) is 6.45. The highest BCUT2D eigenvalue weighted by Gasteiger charge is 2.44. The van der Waals surface area contributed by atoms with Gasteiger partial charge in [-0.15, -0.1) is 23.7 Å². The number of likely N-dealkylation sites (tertiary alicyclic amines) is 1. The first-order valence-electron chi connectivity index (χ1n) is 8.75. The minimum Gasteiger partial charge on any atom is -0.341 e. The molecule has 0 aliphatic carbocycles. The molecule has 3 rings (SSSR count). The zero-order chi connectivity index (χ0) is 18.4. The van der Waals surface area contributed by atoms with Crippen LogP contribution in [0.3, 0.4) is 0 Å². The van der Waals surface area contributed by atoms with Gasteiger partial charge in [-0.25, -0.2) is 8.42 Å². The van der Waals surface area contributed by atoms with Gasteiger partial charge in [-0.1, -0.05) is 13.8 Å². The van der Waals surface area contributed by atoms with Crippen molar-refractivity contribution >= 4 is 39.7 Å². The van der Waals surface area contributed by atoms with Crippen LogP contribution in [0.25, 0.3) is 0 Å². The number of carbonyl (C=O) groups is 1. The lowest BCUT2D eigenvalue weighted by atomic mass is 9.79. The minimum atomic E-state index is -3.61. The quantitative estimate of drug-likeness (QED) is 0.810. The number of thiophene rings is 1. The van der Waals surface area contributed by atoms with Gasteiger partial charge in [-0.2, -0.15) is 4.31 Å². The zero-order valence-corrected chi connectivity index (χ0v) is 17.9. The molecule has 2 unspecified atom stereocenters. The van der Waals surface area contributed by atoms with Gasteiger partial charge in [0.2, 0.25) is 5.91 Å². The van der Waals surface area contributed by atoms with E-state index in [0.29, 0.717) is 30.3 Å². The lowest BCUT2D eigenvalue weighted by Gasteiger charge is -2.43. The standard InChI is InChI=1S/C17H27N3O3S2.ClH/c1-12-6-7-15(24-12)25(22,23)20-9-4-5-13(20)16(21)19-10-8-14(18)17(2,3)11-19;/h6-7,13-14H,4-5,8-11,18H2,1-3H3;1H. The summed E-state index contributed by atoms with van der Waals surface area (Å²) < 4.78 is 27.7. The second kappa shape index (κ2) is 7.75. The summed E-state index contributed by atoms with van der Waals surface area (Å²) in [5.41, 5.74) is 6.01. The second-order valence-corrected chi connectivity index (χ2v) is 11.2. The van der Waals surface area contributed by atoms with Crippen molar-refractivity contribution < 1.29 is 13.2 Å².